The van der Waals surface area contributed by atoms with E-state index in [0.29, 0.717) is 19.0 Å². The lowest BCUT2D eigenvalue weighted by Gasteiger charge is -2.33. The van der Waals surface area contributed by atoms with Gasteiger partial charge in [-0.1, -0.05) is 30.3 Å². The number of carbonyl (C=O) groups excluding carboxylic acids is 1. The fourth-order valence-corrected chi connectivity index (χ4v) is 4.62. The number of aromatic nitrogens is 3. The van der Waals surface area contributed by atoms with Crippen molar-refractivity contribution >= 4 is 23.4 Å². The third-order valence-electron chi connectivity index (χ3n) is 6.42. The van der Waals surface area contributed by atoms with E-state index in [0.717, 1.165) is 55.0 Å². The van der Waals surface area contributed by atoms with E-state index in [9.17, 15) is 4.79 Å². The minimum absolute atomic E-state index is 0.0137. The van der Waals surface area contributed by atoms with Crippen LogP contribution in [0.25, 0.3) is 11.3 Å². The highest BCUT2D eigenvalue weighted by atomic mass is 16.2. The van der Waals surface area contributed by atoms with Crippen molar-refractivity contribution in [3.05, 3.63) is 60.4 Å². The zero-order chi connectivity index (χ0) is 22.6. The van der Waals surface area contributed by atoms with Gasteiger partial charge in [-0.3, -0.25) is 9.78 Å². The molecule has 0 radical (unpaired) electrons. The highest BCUT2D eigenvalue weighted by molar-refractivity contribution is 5.78. The van der Waals surface area contributed by atoms with Gasteiger partial charge < -0.3 is 20.9 Å². The summed E-state index contributed by atoms with van der Waals surface area (Å²) in [6, 6.07) is 14.6. The van der Waals surface area contributed by atoms with Gasteiger partial charge in [-0.05, 0) is 43.4 Å². The van der Waals surface area contributed by atoms with Gasteiger partial charge in [0.1, 0.15) is 5.82 Å². The van der Waals surface area contributed by atoms with Gasteiger partial charge in [-0.25, -0.2) is 4.98 Å². The molecule has 170 valence electrons. The molecule has 0 aliphatic carbocycles. The van der Waals surface area contributed by atoms with Gasteiger partial charge >= 0.3 is 0 Å². The second-order valence-electron chi connectivity index (χ2n) is 8.56. The number of hydrogen-bond acceptors (Lipinski definition) is 7. The number of piperidine rings is 1. The number of carbonyl (C=O) groups is 1. The van der Waals surface area contributed by atoms with Crippen LogP contribution < -0.4 is 16.0 Å². The molecule has 2 aromatic heterocycles. The number of amides is 1. The van der Waals surface area contributed by atoms with E-state index in [4.69, 9.17) is 15.7 Å². The first-order valence-electron chi connectivity index (χ1n) is 11.6. The number of benzene rings is 1. The molecular formula is C25H29N7O. The Labute approximate surface area is 193 Å². The molecular weight excluding hydrogens is 414 g/mol. The molecule has 0 spiro atoms. The Hall–Kier alpha value is -3.52. The van der Waals surface area contributed by atoms with Gasteiger partial charge in [0.25, 0.3) is 0 Å². The first-order valence-corrected chi connectivity index (χ1v) is 11.6. The second kappa shape index (κ2) is 9.54. The molecule has 2 aliphatic heterocycles. The predicted octanol–water partition coefficient (Wildman–Crippen LogP) is 2.98. The molecule has 3 N–H and O–H groups in total. The number of rotatable bonds is 5. The zero-order valence-electron chi connectivity index (χ0n) is 18.7. The van der Waals surface area contributed by atoms with Crippen LogP contribution in [0.15, 0.2) is 54.9 Å². The maximum absolute atomic E-state index is 11.8. The Bertz CT molecular complexity index is 1110. The molecule has 33 heavy (non-hydrogen) atoms. The Morgan fingerprint density at radius 1 is 1.09 bits per heavy atom. The van der Waals surface area contributed by atoms with Crippen molar-refractivity contribution in [1.82, 2.24) is 19.9 Å². The normalized spacial score (nSPS) is 16.4. The third kappa shape index (κ3) is 4.66. The summed E-state index contributed by atoms with van der Waals surface area (Å²) in [5.74, 6) is 1.52. The summed E-state index contributed by atoms with van der Waals surface area (Å²) in [4.78, 5) is 29.9. The summed E-state index contributed by atoms with van der Waals surface area (Å²) in [5.41, 5.74) is 9.96. The van der Waals surface area contributed by atoms with Crippen LogP contribution >= 0.6 is 0 Å². The lowest BCUT2D eigenvalue weighted by Crippen LogP contribution is -2.44. The van der Waals surface area contributed by atoms with Crippen LogP contribution in [-0.4, -0.2) is 58.0 Å². The Balaban J connectivity index is 1.34. The maximum Gasteiger partial charge on any atom is 0.236 e. The fraction of sp³-hybridized carbons (Fsp3) is 0.360. The Morgan fingerprint density at radius 2 is 1.91 bits per heavy atom. The molecule has 8 nitrogen and oxygen atoms in total. The predicted molar refractivity (Wildman–Crippen MR) is 129 cm³/mol. The Kier molecular flexibility index (Phi) is 6.17. The summed E-state index contributed by atoms with van der Waals surface area (Å²) in [6.07, 6.45) is 7.60. The molecule has 0 atom stereocenters. The molecule has 5 rings (SSSR count). The number of pyridine rings is 1. The van der Waals surface area contributed by atoms with E-state index in [-0.39, 0.29) is 18.5 Å². The van der Waals surface area contributed by atoms with Crippen LogP contribution in [0.3, 0.4) is 0 Å². The molecule has 1 fully saturated rings. The number of nitrogens with two attached hydrogens (primary N) is 1. The largest absolute Gasteiger partial charge is 0.351 e. The average Bonchev–Trinajstić information content (AvgIpc) is 2.88. The minimum Gasteiger partial charge on any atom is -0.351 e. The topological polar surface area (TPSA) is 100 Å². The summed E-state index contributed by atoms with van der Waals surface area (Å²) in [6.45, 7) is 2.40. The number of aryl methyl sites for hydroxylation is 1. The average molecular weight is 444 g/mol. The zero-order valence-corrected chi connectivity index (χ0v) is 18.7. The van der Waals surface area contributed by atoms with Crippen LogP contribution in [-0.2, 0) is 11.2 Å². The first-order chi connectivity index (χ1) is 16.2. The molecule has 2 aliphatic rings. The quantitative estimate of drug-likeness (QED) is 0.625. The smallest absolute Gasteiger partial charge is 0.236 e. The lowest BCUT2D eigenvalue weighted by molar-refractivity contribution is -0.130. The molecule has 1 aromatic carbocycles. The number of likely N-dealkylation sites (tertiary alicyclic amines) is 1. The van der Waals surface area contributed by atoms with E-state index in [1.54, 1.807) is 0 Å². The number of nitrogens with zero attached hydrogens (tertiary/aromatic N) is 5. The number of nitrogens with one attached hydrogen (secondary N) is 1. The SMILES string of the molecule is NCC(=O)N1CCC(Nc2nccc(N3CCCc4cnc(-c5ccccc5)cc43)n2)CC1. The van der Waals surface area contributed by atoms with Crippen LogP contribution in [0, 0.1) is 0 Å². The van der Waals surface area contributed by atoms with Crippen LogP contribution in [0.2, 0.25) is 0 Å². The van der Waals surface area contributed by atoms with E-state index < -0.39 is 0 Å². The standard InChI is InChI=1S/C25H29N7O/c26-16-24(33)31-13-9-20(10-14-31)29-25-27-11-8-23(30-25)32-12-4-7-19-17-28-21(15-22(19)32)18-5-2-1-3-6-18/h1-3,5-6,8,11,15,17,20H,4,7,9-10,12-14,16,26H2,(H,27,29,30). The lowest BCUT2D eigenvalue weighted by atomic mass is 10.0. The van der Waals surface area contributed by atoms with Crippen molar-refractivity contribution in [2.45, 2.75) is 31.7 Å². The van der Waals surface area contributed by atoms with Gasteiger partial charge in [-0.15, -0.1) is 0 Å². The summed E-state index contributed by atoms with van der Waals surface area (Å²) in [7, 11) is 0. The van der Waals surface area contributed by atoms with E-state index in [2.05, 4.69) is 33.4 Å². The second-order valence-corrected chi connectivity index (χ2v) is 8.56. The van der Waals surface area contributed by atoms with E-state index in [1.807, 2.05) is 41.6 Å². The monoisotopic (exact) mass is 443 g/mol. The van der Waals surface area contributed by atoms with E-state index >= 15 is 0 Å². The molecule has 4 heterocycles. The fourth-order valence-electron chi connectivity index (χ4n) is 4.62. The highest BCUT2D eigenvalue weighted by Crippen LogP contribution is 2.35. The van der Waals surface area contributed by atoms with Gasteiger partial charge in [0, 0.05) is 49.3 Å². The minimum atomic E-state index is 0.0137. The number of hydrogen-bond donors (Lipinski definition) is 2. The van der Waals surface area contributed by atoms with Crippen molar-refractivity contribution in [3.8, 4) is 11.3 Å². The van der Waals surface area contributed by atoms with Crippen molar-refractivity contribution in [2.75, 3.05) is 36.4 Å². The molecule has 0 saturated carbocycles. The van der Waals surface area contributed by atoms with Crippen molar-refractivity contribution in [3.63, 3.8) is 0 Å². The summed E-state index contributed by atoms with van der Waals surface area (Å²) >= 11 is 0. The first kappa shape index (κ1) is 21.3. The van der Waals surface area contributed by atoms with Crippen LogP contribution in [0.5, 0.6) is 0 Å². The van der Waals surface area contributed by atoms with Crippen LogP contribution in [0.1, 0.15) is 24.8 Å². The number of anilines is 3. The van der Waals surface area contributed by atoms with E-state index in [1.165, 1.54) is 5.56 Å². The summed E-state index contributed by atoms with van der Waals surface area (Å²) in [5, 5.41) is 3.47. The molecule has 1 saturated heterocycles. The highest BCUT2D eigenvalue weighted by Gasteiger charge is 2.24. The Morgan fingerprint density at radius 3 is 2.70 bits per heavy atom. The molecule has 8 heteroatoms. The van der Waals surface area contributed by atoms with Gasteiger partial charge in [0.2, 0.25) is 11.9 Å². The molecule has 0 unspecified atom stereocenters. The maximum atomic E-state index is 11.8. The van der Waals surface area contributed by atoms with Gasteiger partial charge in [0.15, 0.2) is 0 Å². The number of fused-ring (bicyclic) bond motifs is 1. The third-order valence-corrected chi connectivity index (χ3v) is 6.42. The molecule has 3 aromatic rings. The van der Waals surface area contributed by atoms with Crippen molar-refractivity contribution in [2.24, 2.45) is 5.73 Å². The van der Waals surface area contributed by atoms with Crippen LogP contribution in [0.4, 0.5) is 17.5 Å². The van der Waals surface area contributed by atoms with Gasteiger partial charge in [0.05, 0.1) is 12.2 Å². The molecule has 0 bridgehead atoms. The van der Waals surface area contributed by atoms with Crippen molar-refractivity contribution in [1.29, 1.82) is 0 Å². The molecule has 1 amide bonds. The summed E-state index contributed by atoms with van der Waals surface area (Å²) < 4.78 is 0. The van der Waals surface area contributed by atoms with Gasteiger partial charge in [-0.2, -0.15) is 4.98 Å². The van der Waals surface area contributed by atoms with Crippen molar-refractivity contribution < 1.29 is 4.79 Å².